The van der Waals surface area contributed by atoms with E-state index in [4.69, 9.17) is 47.0 Å². The molecule has 0 saturated carbocycles. The molecule has 0 aliphatic heterocycles. The first-order valence-electron chi connectivity index (χ1n) is 6.08. The van der Waals surface area contributed by atoms with Crippen LogP contribution in [0, 0.1) is 13.8 Å². The van der Waals surface area contributed by atoms with E-state index in [1.807, 2.05) is 32.0 Å². The molecule has 1 aromatic carbocycles. The fourth-order valence-electron chi connectivity index (χ4n) is 1.56. The zero-order valence-corrected chi connectivity index (χ0v) is 14.8. The Labute approximate surface area is 144 Å². The van der Waals surface area contributed by atoms with E-state index in [0.29, 0.717) is 0 Å². The summed E-state index contributed by atoms with van der Waals surface area (Å²) in [6.07, 6.45) is -0.940. The third kappa shape index (κ3) is 6.26. The van der Waals surface area contributed by atoms with Crippen LogP contribution < -0.4 is 16.0 Å². The van der Waals surface area contributed by atoms with E-state index in [0.717, 1.165) is 16.8 Å². The highest BCUT2D eigenvalue weighted by Gasteiger charge is 2.34. The van der Waals surface area contributed by atoms with Crippen molar-refractivity contribution >= 4 is 63.7 Å². The lowest BCUT2D eigenvalue weighted by molar-refractivity contribution is -0.119. The van der Waals surface area contributed by atoms with Crippen molar-refractivity contribution in [2.45, 2.75) is 30.7 Å². The topological polar surface area (TPSA) is 53.2 Å². The van der Waals surface area contributed by atoms with E-state index in [2.05, 4.69) is 16.0 Å². The lowest BCUT2D eigenvalue weighted by Gasteiger charge is -2.27. The van der Waals surface area contributed by atoms with Crippen LogP contribution in [0.2, 0.25) is 0 Å². The van der Waals surface area contributed by atoms with Gasteiger partial charge in [0.15, 0.2) is 5.11 Å². The predicted molar refractivity (Wildman–Crippen MR) is 93.2 cm³/mol. The van der Waals surface area contributed by atoms with Gasteiger partial charge in [0.2, 0.25) is 9.70 Å². The predicted octanol–water partition coefficient (Wildman–Crippen LogP) is 3.42. The van der Waals surface area contributed by atoms with Gasteiger partial charge in [0.05, 0.1) is 0 Å². The molecule has 0 saturated heterocycles. The number of thiocarbonyl (C=S) groups is 1. The van der Waals surface area contributed by atoms with E-state index in [-0.39, 0.29) is 11.0 Å². The summed E-state index contributed by atoms with van der Waals surface area (Å²) in [4.78, 5) is 11.1. The monoisotopic (exact) mass is 367 g/mol. The molecule has 3 N–H and O–H groups in total. The molecular formula is C13H16Cl3N3OS. The molecule has 0 fully saturated rings. The largest absolute Gasteiger partial charge is 0.339 e. The van der Waals surface area contributed by atoms with E-state index >= 15 is 0 Å². The summed E-state index contributed by atoms with van der Waals surface area (Å²) in [6.45, 7) is 5.25. The van der Waals surface area contributed by atoms with E-state index in [1.165, 1.54) is 6.92 Å². The summed E-state index contributed by atoms with van der Waals surface area (Å²) in [6, 6.07) is 5.92. The van der Waals surface area contributed by atoms with Gasteiger partial charge in [-0.25, -0.2) is 0 Å². The number of halogens is 3. The minimum Gasteiger partial charge on any atom is -0.339 e. The first-order valence-corrected chi connectivity index (χ1v) is 7.62. The van der Waals surface area contributed by atoms with Crippen LogP contribution in [0.1, 0.15) is 18.1 Å². The average molecular weight is 369 g/mol. The van der Waals surface area contributed by atoms with E-state index in [9.17, 15) is 4.79 Å². The number of aryl methyl sites for hydroxylation is 2. The summed E-state index contributed by atoms with van der Waals surface area (Å²) in [5.74, 6) is -0.339. The number of alkyl halides is 3. The molecule has 1 aromatic rings. The van der Waals surface area contributed by atoms with Crippen LogP contribution >= 0.6 is 47.0 Å². The van der Waals surface area contributed by atoms with Crippen LogP contribution in [-0.4, -0.2) is 21.0 Å². The van der Waals surface area contributed by atoms with Gasteiger partial charge >= 0.3 is 0 Å². The lowest BCUT2D eigenvalue weighted by Crippen LogP contribution is -2.55. The van der Waals surface area contributed by atoms with Crippen LogP contribution in [-0.2, 0) is 4.79 Å². The smallest absolute Gasteiger partial charge is 0.228 e. The Morgan fingerprint density at radius 1 is 1.24 bits per heavy atom. The van der Waals surface area contributed by atoms with E-state index < -0.39 is 9.96 Å². The van der Waals surface area contributed by atoms with Gasteiger partial charge in [-0.05, 0) is 43.3 Å². The summed E-state index contributed by atoms with van der Waals surface area (Å²) in [5.41, 5.74) is 2.96. The van der Waals surface area contributed by atoms with Crippen molar-refractivity contribution in [1.82, 2.24) is 10.6 Å². The minimum absolute atomic E-state index is 0.244. The van der Waals surface area contributed by atoms with Crippen molar-refractivity contribution in [3.63, 3.8) is 0 Å². The number of carbonyl (C=O) groups excluding carboxylic acids is 1. The Morgan fingerprint density at radius 2 is 1.86 bits per heavy atom. The normalized spacial score (nSPS) is 12.5. The summed E-state index contributed by atoms with van der Waals surface area (Å²) >= 11 is 22.6. The van der Waals surface area contributed by atoms with Crippen molar-refractivity contribution in [3.8, 4) is 0 Å². The van der Waals surface area contributed by atoms with Gasteiger partial charge in [-0.1, -0.05) is 46.9 Å². The third-order valence-corrected chi connectivity index (χ3v) is 3.47. The fourth-order valence-corrected chi connectivity index (χ4v) is 2.12. The van der Waals surface area contributed by atoms with Crippen molar-refractivity contribution in [3.05, 3.63) is 29.3 Å². The number of anilines is 1. The molecule has 116 valence electrons. The summed E-state index contributed by atoms with van der Waals surface area (Å²) in [5, 5.41) is 8.53. The Balaban J connectivity index is 2.78. The molecule has 0 aromatic heterocycles. The van der Waals surface area contributed by atoms with Crippen molar-refractivity contribution in [1.29, 1.82) is 0 Å². The second-order valence-electron chi connectivity index (χ2n) is 4.59. The first-order chi connectivity index (χ1) is 9.59. The SMILES string of the molecule is CC(=O)N[C@@H](NC(=S)Nc1cc(C)ccc1C)C(Cl)(Cl)Cl. The number of amides is 1. The fraction of sp³-hybridized carbons (Fsp3) is 0.385. The van der Waals surface area contributed by atoms with Gasteiger partial charge in [-0.3, -0.25) is 4.79 Å². The Hall–Kier alpha value is -0.750. The molecule has 8 heteroatoms. The molecule has 4 nitrogen and oxygen atoms in total. The Kier molecular flexibility index (Phi) is 6.53. The molecule has 0 radical (unpaired) electrons. The van der Waals surface area contributed by atoms with Gasteiger partial charge < -0.3 is 16.0 Å². The minimum atomic E-state index is -1.74. The highest BCUT2D eigenvalue weighted by atomic mass is 35.6. The van der Waals surface area contributed by atoms with Gasteiger partial charge in [0, 0.05) is 12.6 Å². The van der Waals surface area contributed by atoms with E-state index in [1.54, 1.807) is 0 Å². The second kappa shape index (κ2) is 7.49. The number of benzene rings is 1. The molecule has 0 unspecified atom stereocenters. The standard InChI is InChI=1S/C13H16Cl3N3OS/c1-7-4-5-8(2)10(6-7)18-12(21)19-11(13(14,15)16)17-9(3)20/h4-6,11H,1-3H3,(H,17,20)(H2,18,19,21)/t11-/m0/s1. The molecule has 0 spiro atoms. The second-order valence-corrected chi connectivity index (χ2v) is 7.37. The lowest BCUT2D eigenvalue weighted by atomic mass is 10.1. The number of hydrogen-bond acceptors (Lipinski definition) is 2. The molecule has 0 aliphatic rings. The van der Waals surface area contributed by atoms with Crippen molar-refractivity contribution < 1.29 is 4.79 Å². The van der Waals surface area contributed by atoms with Crippen LogP contribution in [0.5, 0.6) is 0 Å². The summed E-state index contributed by atoms with van der Waals surface area (Å²) < 4.78 is -1.74. The molecule has 1 atom stereocenters. The molecule has 0 heterocycles. The number of carbonyl (C=O) groups is 1. The van der Waals surface area contributed by atoms with Crippen LogP contribution in [0.4, 0.5) is 5.69 Å². The van der Waals surface area contributed by atoms with Gasteiger partial charge in [0.1, 0.15) is 6.17 Å². The van der Waals surface area contributed by atoms with Gasteiger partial charge in [0.25, 0.3) is 0 Å². The van der Waals surface area contributed by atoms with Crippen LogP contribution in [0.3, 0.4) is 0 Å². The maximum atomic E-state index is 11.1. The summed E-state index contributed by atoms with van der Waals surface area (Å²) in [7, 11) is 0. The van der Waals surface area contributed by atoms with Crippen LogP contribution in [0.15, 0.2) is 18.2 Å². The number of nitrogens with one attached hydrogen (secondary N) is 3. The molecule has 1 amide bonds. The Bertz CT molecular complexity index is 546. The zero-order chi connectivity index (χ0) is 16.2. The highest BCUT2D eigenvalue weighted by molar-refractivity contribution is 7.80. The number of rotatable bonds is 3. The molecule has 1 rings (SSSR count). The molecule has 0 aliphatic carbocycles. The average Bonchev–Trinajstić information content (AvgIpc) is 2.31. The quantitative estimate of drug-likeness (QED) is 0.435. The van der Waals surface area contributed by atoms with Gasteiger partial charge in [-0.2, -0.15) is 0 Å². The van der Waals surface area contributed by atoms with Crippen molar-refractivity contribution in [2.24, 2.45) is 0 Å². The van der Waals surface area contributed by atoms with Crippen LogP contribution in [0.25, 0.3) is 0 Å². The molecule has 21 heavy (non-hydrogen) atoms. The maximum Gasteiger partial charge on any atom is 0.228 e. The maximum absolute atomic E-state index is 11.1. The molecular weight excluding hydrogens is 353 g/mol. The van der Waals surface area contributed by atoms with Gasteiger partial charge in [-0.15, -0.1) is 0 Å². The first kappa shape index (κ1) is 18.3. The van der Waals surface area contributed by atoms with Crippen molar-refractivity contribution in [2.75, 3.05) is 5.32 Å². The zero-order valence-electron chi connectivity index (χ0n) is 11.8. The third-order valence-electron chi connectivity index (χ3n) is 2.59. The number of hydrogen-bond donors (Lipinski definition) is 3. The Morgan fingerprint density at radius 3 is 2.38 bits per heavy atom. The highest BCUT2D eigenvalue weighted by Crippen LogP contribution is 2.29. The molecule has 0 bridgehead atoms.